The van der Waals surface area contributed by atoms with Crippen LogP contribution in [0, 0.1) is 10.1 Å². The lowest BCUT2D eigenvalue weighted by atomic mass is 10.0. The van der Waals surface area contributed by atoms with E-state index in [1.807, 2.05) is 20.8 Å². The normalized spacial score (nSPS) is 11.5. The lowest BCUT2D eigenvalue weighted by Crippen LogP contribution is -2.43. The van der Waals surface area contributed by atoms with Gasteiger partial charge in [0, 0.05) is 18.2 Å². The number of non-ortho nitro benzene ring substituents is 1. The summed E-state index contributed by atoms with van der Waals surface area (Å²) >= 11 is 0. The zero-order chi connectivity index (χ0) is 16.2. The number of carboxylic acids is 1. The summed E-state index contributed by atoms with van der Waals surface area (Å²) in [6, 6.07) is 4.44. The van der Waals surface area contributed by atoms with E-state index in [1.165, 1.54) is 19.2 Å². The van der Waals surface area contributed by atoms with Crippen molar-refractivity contribution in [1.29, 1.82) is 0 Å². The molecule has 116 valence electrons. The third kappa shape index (κ3) is 5.03. The number of rotatable bonds is 6. The van der Waals surface area contributed by atoms with Gasteiger partial charge in [0.05, 0.1) is 24.6 Å². The fourth-order valence-electron chi connectivity index (χ4n) is 1.87. The highest BCUT2D eigenvalue weighted by atomic mass is 16.6. The number of benzene rings is 1. The largest absolute Gasteiger partial charge is 0.496 e. The van der Waals surface area contributed by atoms with E-state index in [1.54, 1.807) is 11.0 Å². The monoisotopic (exact) mass is 296 g/mol. The van der Waals surface area contributed by atoms with Crippen molar-refractivity contribution in [1.82, 2.24) is 4.90 Å². The van der Waals surface area contributed by atoms with Crippen LogP contribution >= 0.6 is 0 Å². The van der Waals surface area contributed by atoms with Gasteiger partial charge in [-0.1, -0.05) is 0 Å². The second-order valence-electron chi connectivity index (χ2n) is 5.72. The van der Waals surface area contributed by atoms with Crippen molar-refractivity contribution in [2.45, 2.75) is 32.9 Å². The van der Waals surface area contributed by atoms with Crippen LogP contribution < -0.4 is 4.74 Å². The smallest absolute Gasteiger partial charge is 0.317 e. The van der Waals surface area contributed by atoms with Crippen LogP contribution in [-0.4, -0.2) is 40.1 Å². The molecular formula is C14H20N2O5. The Morgan fingerprint density at radius 2 is 2.00 bits per heavy atom. The second-order valence-corrected chi connectivity index (χ2v) is 5.72. The SMILES string of the molecule is COc1cc(CN(CC(=O)O)C(C)(C)C)cc([N+](=O)[O-])c1. The molecule has 7 nitrogen and oxygen atoms in total. The molecule has 7 heteroatoms. The molecule has 0 fully saturated rings. The average molecular weight is 296 g/mol. The maximum absolute atomic E-state index is 11.0. The zero-order valence-electron chi connectivity index (χ0n) is 12.6. The van der Waals surface area contributed by atoms with Crippen LogP contribution in [0.4, 0.5) is 5.69 Å². The molecule has 0 unspecified atom stereocenters. The fraction of sp³-hybridized carbons (Fsp3) is 0.500. The van der Waals surface area contributed by atoms with E-state index in [2.05, 4.69) is 0 Å². The Morgan fingerprint density at radius 3 is 2.43 bits per heavy atom. The lowest BCUT2D eigenvalue weighted by molar-refractivity contribution is -0.385. The molecule has 0 amide bonds. The number of carboxylic acid groups (broad SMARTS) is 1. The van der Waals surface area contributed by atoms with Crippen LogP contribution in [0.5, 0.6) is 5.75 Å². The summed E-state index contributed by atoms with van der Waals surface area (Å²) in [5.74, 6) is -0.564. The fourth-order valence-corrected chi connectivity index (χ4v) is 1.87. The molecule has 0 aromatic heterocycles. The van der Waals surface area contributed by atoms with Crippen LogP contribution in [0.15, 0.2) is 18.2 Å². The van der Waals surface area contributed by atoms with Crippen LogP contribution in [0.2, 0.25) is 0 Å². The van der Waals surface area contributed by atoms with Crippen LogP contribution in [0.25, 0.3) is 0 Å². The molecule has 0 saturated carbocycles. The van der Waals surface area contributed by atoms with Crippen molar-refractivity contribution in [3.63, 3.8) is 0 Å². The van der Waals surface area contributed by atoms with Gasteiger partial charge in [0.15, 0.2) is 0 Å². The van der Waals surface area contributed by atoms with Crippen LogP contribution in [0.1, 0.15) is 26.3 Å². The number of hydrogen-bond donors (Lipinski definition) is 1. The molecule has 1 aromatic rings. The minimum Gasteiger partial charge on any atom is -0.496 e. The Hall–Kier alpha value is -2.15. The Labute approximate surface area is 123 Å². The molecule has 21 heavy (non-hydrogen) atoms. The Bertz CT molecular complexity index is 537. The third-order valence-electron chi connectivity index (χ3n) is 3.05. The molecule has 0 bridgehead atoms. The first-order valence-electron chi connectivity index (χ1n) is 6.42. The second kappa shape index (κ2) is 6.53. The molecule has 0 aliphatic heterocycles. The van der Waals surface area contributed by atoms with Gasteiger partial charge in [-0.15, -0.1) is 0 Å². The van der Waals surface area contributed by atoms with Gasteiger partial charge < -0.3 is 9.84 Å². The highest BCUT2D eigenvalue weighted by Gasteiger charge is 2.24. The third-order valence-corrected chi connectivity index (χ3v) is 3.05. The lowest BCUT2D eigenvalue weighted by Gasteiger charge is -2.34. The highest BCUT2D eigenvalue weighted by molar-refractivity contribution is 5.69. The van der Waals surface area contributed by atoms with Crippen molar-refractivity contribution >= 4 is 11.7 Å². The topological polar surface area (TPSA) is 92.9 Å². The van der Waals surface area contributed by atoms with Gasteiger partial charge in [0.25, 0.3) is 5.69 Å². The maximum atomic E-state index is 11.0. The van der Waals surface area contributed by atoms with Gasteiger partial charge in [-0.05, 0) is 32.4 Å². The van der Waals surface area contributed by atoms with Gasteiger partial charge in [-0.25, -0.2) is 0 Å². The summed E-state index contributed by atoms with van der Waals surface area (Å²) in [6.07, 6.45) is 0. The minimum absolute atomic E-state index is 0.0754. The van der Waals surface area contributed by atoms with E-state index >= 15 is 0 Å². The number of ether oxygens (including phenoxy) is 1. The quantitative estimate of drug-likeness (QED) is 0.639. The Morgan fingerprint density at radius 1 is 1.38 bits per heavy atom. The molecule has 0 radical (unpaired) electrons. The molecular weight excluding hydrogens is 276 g/mol. The van der Waals surface area contributed by atoms with Crippen molar-refractivity contribution < 1.29 is 19.6 Å². The van der Waals surface area contributed by atoms with Crippen molar-refractivity contribution in [2.24, 2.45) is 0 Å². The Kier molecular flexibility index (Phi) is 5.26. The molecule has 0 saturated heterocycles. The zero-order valence-corrected chi connectivity index (χ0v) is 12.6. The van der Waals surface area contributed by atoms with Gasteiger partial charge in [0.1, 0.15) is 5.75 Å². The van der Waals surface area contributed by atoms with Crippen LogP contribution in [0.3, 0.4) is 0 Å². The average Bonchev–Trinajstić information content (AvgIpc) is 2.35. The number of methoxy groups -OCH3 is 1. The minimum atomic E-state index is -0.942. The van der Waals surface area contributed by atoms with Crippen LogP contribution in [-0.2, 0) is 11.3 Å². The number of nitrogens with zero attached hydrogens (tertiary/aromatic N) is 2. The van der Waals surface area contributed by atoms with Crippen molar-refractivity contribution in [2.75, 3.05) is 13.7 Å². The van der Waals surface area contributed by atoms with Gasteiger partial charge in [0.2, 0.25) is 0 Å². The first-order valence-corrected chi connectivity index (χ1v) is 6.42. The summed E-state index contributed by atoms with van der Waals surface area (Å²) in [5, 5.41) is 19.9. The van der Waals surface area contributed by atoms with Gasteiger partial charge >= 0.3 is 5.97 Å². The van der Waals surface area contributed by atoms with Gasteiger partial charge in [-0.3, -0.25) is 19.8 Å². The molecule has 0 aliphatic carbocycles. The summed E-state index contributed by atoms with van der Waals surface area (Å²) in [6.45, 7) is 5.82. The molecule has 0 spiro atoms. The first kappa shape index (κ1) is 16.9. The number of nitro groups is 1. The molecule has 1 N–H and O–H groups in total. The van der Waals surface area contributed by atoms with E-state index in [4.69, 9.17) is 9.84 Å². The van der Waals surface area contributed by atoms with E-state index in [9.17, 15) is 14.9 Å². The number of hydrogen-bond acceptors (Lipinski definition) is 5. The predicted octanol–water partition coefficient (Wildman–Crippen LogP) is 2.29. The van der Waals surface area contributed by atoms with Crippen molar-refractivity contribution in [3.8, 4) is 5.75 Å². The summed E-state index contributed by atoms with van der Waals surface area (Å²) in [7, 11) is 1.43. The molecule has 0 aliphatic rings. The highest BCUT2D eigenvalue weighted by Crippen LogP contribution is 2.25. The van der Waals surface area contributed by atoms with Crippen molar-refractivity contribution in [3.05, 3.63) is 33.9 Å². The molecule has 0 heterocycles. The number of nitro benzene ring substituents is 1. The molecule has 1 rings (SSSR count). The first-order chi connectivity index (χ1) is 9.63. The van der Waals surface area contributed by atoms with E-state index < -0.39 is 10.9 Å². The number of carbonyl (C=O) groups is 1. The molecule has 1 aromatic carbocycles. The van der Waals surface area contributed by atoms with Gasteiger partial charge in [-0.2, -0.15) is 0 Å². The molecule has 0 atom stereocenters. The van der Waals surface area contributed by atoms with E-state index in [-0.39, 0.29) is 24.3 Å². The summed E-state index contributed by atoms with van der Waals surface area (Å²) in [4.78, 5) is 23.1. The van der Waals surface area contributed by atoms with E-state index in [0.717, 1.165) is 0 Å². The Balaban J connectivity index is 3.10. The predicted molar refractivity (Wildman–Crippen MR) is 77.4 cm³/mol. The standard InChI is InChI=1S/C14H20N2O5/c1-14(2,3)15(9-13(17)18)8-10-5-11(16(19)20)7-12(6-10)21-4/h5-7H,8-9H2,1-4H3,(H,17,18). The van der Waals surface area contributed by atoms with E-state index in [0.29, 0.717) is 11.3 Å². The maximum Gasteiger partial charge on any atom is 0.317 e. The summed E-state index contributed by atoms with van der Waals surface area (Å²) < 4.78 is 5.05. The summed E-state index contributed by atoms with van der Waals surface area (Å²) in [5.41, 5.74) is 0.182. The number of aliphatic carboxylic acids is 1.